The molecule has 2 aromatic rings. The van der Waals surface area contributed by atoms with Crippen LogP contribution in [0, 0.1) is 5.92 Å². The third kappa shape index (κ3) is 6.28. The van der Waals surface area contributed by atoms with Crippen molar-refractivity contribution in [3.8, 4) is 0 Å². The molecule has 4 rings (SSSR count). The fourth-order valence-corrected chi connectivity index (χ4v) is 6.09. The maximum Gasteiger partial charge on any atom is 0.391 e. The fraction of sp³-hybridized carbons (Fsp3) is 0.429. The molecule has 0 radical (unpaired) electrons. The molecular weight excluding hydrogens is 570 g/mol. The Morgan fingerprint density at radius 1 is 1.18 bits per heavy atom. The summed E-state index contributed by atoms with van der Waals surface area (Å²) < 4.78 is 41.8. The molecule has 1 aliphatic carbocycles. The number of rotatable bonds is 8. The first-order chi connectivity index (χ1) is 18.8. The standard InChI is InChI=1S/C28H28Cl2F3N3O4/c1-2-22(16-5-7-17(8-6-16)25(39)34-11-9-23(37)38)36-26(40)24(18-12-20(29)14-21(30)13-18)35-27(36)10-3-4-19(15-27)28(31,32)33/h5-8,12-14,19,22H,2-4,9-11,15H2,1H3,(H,34,39)(H,37,38)/t19?,22-,27?/m1/s1. The van der Waals surface area contributed by atoms with E-state index in [1.165, 1.54) is 23.1 Å². The van der Waals surface area contributed by atoms with Crippen LogP contribution in [-0.2, 0) is 9.59 Å². The zero-order valence-corrected chi connectivity index (χ0v) is 23.1. The van der Waals surface area contributed by atoms with E-state index in [4.69, 9.17) is 33.3 Å². The monoisotopic (exact) mass is 597 g/mol. The van der Waals surface area contributed by atoms with Crippen molar-refractivity contribution in [2.45, 2.75) is 63.3 Å². The quantitative estimate of drug-likeness (QED) is 0.366. The minimum atomic E-state index is -4.43. The van der Waals surface area contributed by atoms with Gasteiger partial charge in [-0.3, -0.25) is 19.4 Å². The van der Waals surface area contributed by atoms with E-state index in [0.717, 1.165) is 0 Å². The Labute approximate surface area is 239 Å². The van der Waals surface area contributed by atoms with Gasteiger partial charge in [0.15, 0.2) is 0 Å². The van der Waals surface area contributed by atoms with E-state index in [1.54, 1.807) is 24.3 Å². The predicted molar refractivity (Wildman–Crippen MR) is 145 cm³/mol. The van der Waals surface area contributed by atoms with Gasteiger partial charge in [0.25, 0.3) is 11.8 Å². The molecule has 1 aliphatic heterocycles. The number of aliphatic imine (C=N–C) groups is 1. The van der Waals surface area contributed by atoms with E-state index in [1.807, 2.05) is 6.92 Å². The van der Waals surface area contributed by atoms with Crippen LogP contribution in [0.15, 0.2) is 47.5 Å². The van der Waals surface area contributed by atoms with Crippen molar-refractivity contribution in [1.29, 1.82) is 0 Å². The van der Waals surface area contributed by atoms with E-state index >= 15 is 0 Å². The summed E-state index contributed by atoms with van der Waals surface area (Å²) in [6.45, 7) is 1.79. The van der Waals surface area contributed by atoms with Crippen LogP contribution < -0.4 is 5.32 Å². The van der Waals surface area contributed by atoms with E-state index in [9.17, 15) is 27.6 Å². The Morgan fingerprint density at radius 3 is 2.40 bits per heavy atom. The van der Waals surface area contributed by atoms with Crippen LogP contribution in [0.3, 0.4) is 0 Å². The van der Waals surface area contributed by atoms with Crippen molar-refractivity contribution in [2.24, 2.45) is 10.9 Å². The second kappa shape index (κ2) is 11.8. The van der Waals surface area contributed by atoms with Crippen LogP contribution in [0.25, 0.3) is 0 Å². The lowest BCUT2D eigenvalue weighted by atomic mass is 9.79. The van der Waals surface area contributed by atoms with Crippen LogP contribution in [0.1, 0.15) is 73.0 Å². The first-order valence-electron chi connectivity index (χ1n) is 12.9. The zero-order chi connectivity index (χ0) is 29.2. The van der Waals surface area contributed by atoms with Gasteiger partial charge in [0.1, 0.15) is 11.4 Å². The number of nitrogens with one attached hydrogen (secondary N) is 1. The van der Waals surface area contributed by atoms with E-state index in [2.05, 4.69) is 5.32 Å². The van der Waals surface area contributed by atoms with Crippen molar-refractivity contribution < 1.29 is 32.7 Å². The summed E-state index contributed by atoms with van der Waals surface area (Å²) >= 11 is 12.3. The highest BCUT2D eigenvalue weighted by molar-refractivity contribution is 6.47. The van der Waals surface area contributed by atoms with Crippen molar-refractivity contribution >= 4 is 46.7 Å². The highest BCUT2D eigenvalue weighted by atomic mass is 35.5. The van der Waals surface area contributed by atoms with Gasteiger partial charge in [-0.15, -0.1) is 0 Å². The molecule has 2 unspecified atom stereocenters. The molecule has 2 N–H and O–H groups in total. The minimum absolute atomic E-state index is 0.0140. The molecule has 214 valence electrons. The molecule has 0 saturated heterocycles. The molecule has 12 heteroatoms. The number of alkyl halides is 3. The predicted octanol–water partition coefficient (Wildman–Crippen LogP) is 6.43. The zero-order valence-electron chi connectivity index (χ0n) is 21.6. The highest BCUT2D eigenvalue weighted by Gasteiger charge is 2.56. The van der Waals surface area contributed by atoms with Gasteiger partial charge >= 0.3 is 12.1 Å². The Hall–Kier alpha value is -3.11. The molecule has 2 aromatic carbocycles. The van der Waals surface area contributed by atoms with Crippen LogP contribution in [-0.4, -0.2) is 51.9 Å². The molecule has 1 fully saturated rings. The Balaban J connectivity index is 1.71. The maximum absolute atomic E-state index is 14.0. The van der Waals surface area contributed by atoms with Crippen molar-refractivity contribution in [3.05, 3.63) is 69.2 Å². The number of aliphatic carboxylic acids is 1. The van der Waals surface area contributed by atoms with E-state index in [0.29, 0.717) is 17.5 Å². The molecule has 1 spiro atoms. The van der Waals surface area contributed by atoms with Gasteiger partial charge in [-0.1, -0.05) is 42.3 Å². The Bertz CT molecular complexity index is 1310. The maximum atomic E-state index is 14.0. The largest absolute Gasteiger partial charge is 0.481 e. The number of amides is 2. The van der Waals surface area contributed by atoms with Gasteiger partial charge in [0.2, 0.25) is 0 Å². The summed E-state index contributed by atoms with van der Waals surface area (Å²) in [5.74, 6) is -3.62. The number of carboxylic acids is 1. The number of hydrogen-bond acceptors (Lipinski definition) is 4. The van der Waals surface area contributed by atoms with Gasteiger partial charge < -0.3 is 15.3 Å². The van der Waals surface area contributed by atoms with Crippen LogP contribution >= 0.6 is 23.2 Å². The molecule has 1 heterocycles. The number of hydrogen-bond donors (Lipinski definition) is 2. The second-order valence-corrected chi connectivity index (χ2v) is 10.9. The normalized spacial score (nSPS) is 21.9. The number of carboxylic acid groups (broad SMARTS) is 1. The number of halogens is 5. The molecule has 0 bridgehead atoms. The minimum Gasteiger partial charge on any atom is -0.481 e. The molecular formula is C28H28Cl2F3N3O4. The van der Waals surface area contributed by atoms with Gasteiger partial charge in [-0.05, 0) is 61.6 Å². The Morgan fingerprint density at radius 2 is 1.82 bits per heavy atom. The average Bonchev–Trinajstić information content (AvgIpc) is 3.15. The summed E-state index contributed by atoms with van der Waals surface area (Å²) in [6, 6.07) is 10.3. The van der Waals surface area contributed by atoms with Crippen LogP contribution in [0.4, 0.5) is 13.2 Å². The molecule has 2 amide bonds. The SMILES string of the molecule is CC[C@H](c1ccc(C(=O)NCCC(=O)O)cc1)N1C(=O)C(c2cc(Cl)cc(Cl)c2)=NC12CCCC(C(F)(F)F)C2. The molecule has 3 atom stereocenters. The summed E-state index contributed by atoms with van der Waals surface area (Å²) in [4.78, 5) is 43.3. The second-order valence-electron chi connectivity index (χ2n) is 10.1. The number of nitrogens with zero attached hydrogens (tertiary/aromatic N) is 2. The lowest BCUT2D eigenvalue weighted by Crippen LogP contribution is -2.52. The van der Waals surface area contributed by atoms with Gasteiger partial charge in [0, 0.05) is 34.1 Å². The molecule has 2 aliphatic rings. The smallest absolute Gasteiger partial charge is 0.391 e. The molecule has 0 aromatic heterocycles. The summed E-state index contributed by atoms with van der Waals surface area (Å²) in [7, 11) is 0. The van der Waals surface area contributed by atoms with Gasteiger partial charge in [0.05, 0.1) is 18.4 Å². The van der Waals surface area contributed by atoms with Gasteiger partial charge in [-0.2, -0.15) is 13.2 Å². The van der Waals surface area contributed by atoms with Crippen molar-refractivity contribution in [1.82, 2.24) is 10.2 Å². The van der Waals surface area contributed by atoms with E-state index < -0.39 is 41.6 Å². The molecule has 1 saturated carbocycles. The van der Waals surface area contributed by atoms with Crippen LogP contribution in [0.2, 0.25) is 10.0 Å². The number of benzene rings is 2. The third-order valence-electron chi connectivity index (χ3n) is 7.37. The molecule has 40 heavy (non-hydrogen) atoms. The highest BCUT2D eigenvalue weighted by Crippen LogP contribution is 2.50. The lowest BCUT2D eigenvalue weighted by Gasteiger charge is -2.46. The summed E-state index contributed by atoms with van der Waals surface area (Å²) in [5, 5.41) is 11.8. The van der Waals surface area contributed by atoms with Crippen LogP contribution in [0.5, 0.6) is 0 Å². The number of carbonyl (C=O) groups excluding carboxylic acids is 2. The summed E-state index contributed by atoms with van der Waals surface area (Å²) in [6.07, 6.45) is -4.16. The first-order valence-corrected chi connectivity index (χ1v) is 13.7. The third-order valence-corrected chi connectivity index (χ3v) is 7.81. The number of carbonyl (C=O) groups is 3. The van der Waals surface area contributed by atoms with Crippen molar-refractivity contribution in [2.75, 3.05) is 6.54 Å². The van der Waals surface area contributed by atoms with Gasteiger partial charge in [-0.25, -0.2) is 0 Å². The average molecular weight is 598 g/mol. The lowest BCUT2D eigenvalue weighted by molar-refractivity contribution is -0.195. The van der Waals surface area contributed by atoms with E-state index in [-0.39, 0.29) is 60.0 Å². The first kappa shape index (κ1) is 29.9. The molecule has 7 nitrogen and oxygen atoms in total. The van der Waals surface area contributed by atoms with Crippen molar-refractivity contribution in [3.63, 3.8) is 0 Å². The fourth-order valence-electron chi connectivity index (χ4n) is 5.56. The Kier molecular flexibility index (Phi) is 8.80. The topological polar surface area (TPSA) is 99.1 Å². The summed E-state index contributed by atoms with van der Waals surface area (Å²) in [5.41, 5.74) is -0.145.